The van der Waals surface area contributed by atoms with Gasteiger partial charge in [0.05, 0.1) is 0 Å². The molecule has 2 aliphatic rings. The van der Waals surface area contributed by atoms with Crippen molar-refractivity contribution in [2.45, 2.75) is 45.1 Å². The smallest absolute Gasteiger partial charge is 0.254 e. The van der Waals surface area contributed by atoms with E-state index in [0.29, 0.717) is 12.5 Å². The Kier molecular flexibility index (Phi) is 3.95. The first kappa shape index (κ1) is 14.1. The molecule has 0 aromatic heterocycles. The van der Waals surface area contributed by atoms with Crippen LogP contribution in [0.2, 0.25) is 0 Å². The van der Waals surface area contributed by atoms with E-state index in [-0.39, 0.29) is 11.8 Å². The van der Waals surface area contributed by atoms with E-state index in [4.69, 9.17) is 0 Å². The van der Waals surface area contributed by atoms with Crippen LogP contribution >= 0.6 is 0 Å². The SMILES string of the molecule is CCC1CCCN1C(=O)c1ccc(N2CCCC2=O)cc1. The lowest BCUT2D eigenvalue weighted by Gasteiger charge is -2.24. The second-order valence-electron chi connectivity index (χ2n) is 5.90. The number of likely N-dealkylation sites (tertiary alicyclic amines) is 1. The van der Waals surface area contributed by atoms with Gasteiger partial charge in [-0.1, -0.05) is 6.92 Å². The summed E-state index contributed by atoms with van der Waals surface area (Å²) in [4.78, 5) is 28.1. The molecule has 3 rings (SSSR count). The third-order valence-electron chi connectivity index (χ3n) is 4.61. The summed E-state index contributed by atoms with van der Waals surface area (Å²) in [5, 5.41) is 0. The third kappa shape index (κ3) is 2.67. The molecule has 1 aromatic rings. The second kappa shape index (κ2) is 5.88. The topological polar surface area (TPSA) is 40.6 Å². The monoisotopic (exact) mass is 286 g/mol. The van der Waals surface area contributed by atoms with Gasteiger partial charge in [0.1, 0.15) is 0 Å². The summed E-state index contributed by atoms with van der Waals surface area (Å²) in [6.45, 7) is 3.79. The fraction of sp³-hybridized carbons (Fsp3) is 0.529. The normalized spacial score (nSPS) is 22.1. The van der Waals surface area contributed by atoms with Crippen LogP contribution in [0.4, 0.5) is 5.69 Å². The summed E-state index contributed by atoms with van der Waals surface area (Å²) in [6, 6.07) is 7.89. The summed E-state index contributed by atoms with van der Waals surface area (Å²) in [5.41, 5.74) is 1.63. The minimum atomic E-state index is 0.124. The number of hydrogen-bond acceptors (Lipinski definition) is 2. The van der Waals surface area contributed by atoms with Crippen molar-refractivity contribution in [1.82, 2.24) is 4.90 Å². The number of benzene rings is 1. The van der Waals surface area contributed by atoms with Crippen molar-refractivity contribution in [3.05, 3.63) is 29.8 Å². The van der Waals surface area contributed by atoms with Gasteiger partial charge in [0.15, 0.2) is 0 Å². The van der Waals surface area contributed by atoms with Gasteiger partial charge in [-0.2, -0.15) is 0 Å². The van der Waals surface area contributed by atoms with Crippen LogP contribution in [0.3, 0.4) is 0 Å². The standard InChI is InChI=1S/C17H22N2O2/c1-2-14-5-3-12-19(14)17(21)13-7-9-15(10-8-13)18-11-4-6-16(18)20/h7-10,14H,2-6,11-12H2,1H3. The summed E-state index contributed by atoms with van der Waals surface area (Å²) in [5.74, 6) is 0.304. The number of carbonyl (C=O) groups excluding carboxylic acids is 2. The zero-order valence-corrected chi connectivity index (χ0v) is 12.5. The van der Waals surface area contributed by atoms with Crippen molar-refractivity contribution in [3.8, 4) is 0 Å². The first-order valence-corrected chi connectivity index (χ1v) is 7.92. The molecule has 2 saturated heterocycles. The van der Waals surface area contributed by atoms with E-state index in [1.54, 1.807) is 4.90 Å². The van der Waals surface area contributed by atoms with E-state index in [9.17, 15) is 9.59 Å². The highest BCUT2D eigenvalue weighted by molar-refractivity contribution is 5.97. The number of rotatable bonds is 3. The van der Waals surface area contributed by atoms with E-state index >= 15 is 0 Å². The molecule has 4 nitrogen and oxygen atoms in total. The molecule has 0 spiro atoms. The van der Waals surface area contributed by atoms with Gasteiger partial charge < -0.3 is 9.80 Å². The van der Waals surface area contributed by atoms with E-state index in [1.165, 1.54) is 0 Å². The van der Waals surface area contributed by atoms with Crippen LogP contribution in [0.15, 0.2) is 24.3 Å². The number of hydrogen-bond donors (Lipinski definition) is 0. The van der Waals surface area contributed by atoms with Gasteiger partial charge in [-0.15, -0.1) is 0 Å². The summed E-state index contributed by atoms with van der Waals surface area (Å²) < 4.78 is 0. The molecule has 2 heterocycles. The Morgan fingerprint density at radius 1 is 1.19 bits per heavy atom. The highest BCUT2D eigenvalue weighted by Crippen LogP contribution is 2.25. The highest BCUT2D eigenvalue weighted by atomic mass is 16.2. The Morgan fingerprint density at radius 2 is 1.95 bits per heavy atom. The molecule has 2 fully saturated rings. The molecule has 1 unspecified atom stereocenters. The molecule has 0 radical (unpaired) electrons. The van der Waals surface area contributed by atoms with Crippen molar-refractivity contribution in [2.75, 3.05) is 18.0 Å². The lowest BCUT2D eigenvalue weighted by molar-refractivity contribution is -0.117. The molecule has 2 amide bonds. The predicted octanol–water partition coefficient (Wildman–Crippen LogP) is 2.83. The van der Waals surface area contributed by atoms with Gasteiger partial charge in [0, 0.05) is 36.8 Å². The molecular weight excluding hydrogens is 264 g/mol. The maximum atomic E-state index is 12.6. The van der Waals surface area contributed by atoms with Crippen LogP contribution in [0.5, 0.6) is 0 Å². The van der Waals surface area contributed by atoms with Crippen LogP contribution in [-0.4, -0.2) is 35.8 Å². The van der Waals surface area contributed by atoms with Crippen molar-refractivity contribution in [1.29, 1.82) is 0 Å². The van der Waals surface area contributed by atoms with E-state index in [2.05, 4.69) is 6.92 Å². The molecule has 21 heavy (non-hydrogen) atoms. The fourth-order valence-electron chi connectivity index (χ4n) is 3.40. The maximum Gasteiger partial charge on any atom is 0.254 e. The van der Waals surface area contributed by atoms with Gasteiger partial charge in [-0.05, 0) is 49.9 Å². The molecule has 112 valence electrons. The Balaban J connectivity index is 1.74. The number of nitrogens with zero attached hydrogens (tertiary/aromatic N) is 2. The van der Waals surface area contributed by atoms with Gasteiger partial charge in [-0.25, -0.2) is 0 Å². The van der Waals surface area contributed by atoms with Crippen LogP contribution in [-0.2, 0) is 4.79 Å². The summed E-state index contributed by atoms with van der Waals surface area (Å²) in [7, 11) is 0. The Bertz CT molecular complexity index is 538. The molecule has 1 atom stereocenters. The molecule has 0 saturated carbocycles. The average Bonchev–Trinajstić information content (AvgIpc) is 3.15. The second-order valence-corrected chi connectivity index (χ2v) is 5.90. The Morgan fingerprint density at radius 3 is 2.57 bits per heavy atom. The molecule has 0 N–H and O–H groups in total. The quantitative estimate of drug-likeness (QED) is 0.857. The first-order valence-electron chi connectivity index (χ1n) is 7.92. The van der Waals surface area contributed by atoms with Gasteiger partial charge in [0.2, 0.25) is 5.91 Å². The zero-order chi connectivity index (χ0) is 14.8. The maximum absolute atomic E-state index is 12.6. The Labute approximate surface area is 125 Å². The fourth-order valence-corrected chi connectivity index (χ4v) is 3.40. The molecule has 4 heteroatoms. The van der Waals surface area contributed by atoms with Crippen molar-refractivity contribution >= 4 is 17.5 Å². The average molecular weight is 286 g/mol. The Hall–Kier alpha value is -1.84. The largest absolute Gasteiger partial charge is 0.336 e. The van der Waals surface area contributed by atoms with Crippen molar-refractivity contribution in [2.24, 2.45) is 0 Å². The number of amides is 2. The van der Waals surface area contributed by atoms with Gasteiger partial charge >= 0.3 is 0 Å². The highest BCUT2D eigenvalue weighted by Gasteiger charge is 2.28. The van der Waals surface area contributed by atoms with Crippen LogP contribution < -0.4 is 4.90 Å². The first-order chi connectivity index (χ1) is 10.2. The van der Waals surface area contributed by atoms with Gasteiger partial charge in [0.25, 0.3) is 5.91 Å². The van der Waals surface area contributed by atoms with Crippen molar-refractivity contribution < 1.29 is 9.59 Å². The number of anilines is 1. The van der Waals surface area contributed by atoms with E-state index in [0.717, 1.165) is 50.0 Å². The summed E-state index contributed by atoms with van der Waals surface area (Å²) in [6.07, 6.45) is 4.79. The van der Waals surface area contributed by atoms with Crippen LogP contribution in [0, 0.1) is 0 Å². The molecule has 1 aromatic carbocycles. The van der Waals surface area contributed by atoms with Crippen LogP contribution in [0.1, 0.15) is 49.4 Å². The van der Waals surface area contributed by atoms with Crippen LogP contribution in [0.25, 0.3) is 0 Å². The molecule has 0 aliphatic carbocycles. The molecule has 0 bridgehead atoms. The molecule has 2 aliphatic heterocycles. The lowest BCUT2D eigenvalue weighted by Crippen LogP contribution is -2.35. The lowest BCUT2D eigenvalue weighted by atomic mass is 10.1. The van der Waals surface area contributed by atoms with Gasteiger partial charge in [-0.3, -0.25) is 9.59 Å². The zero-order valence-electron chi connectivity index (χ0n) is 12.5. The van der Waals surface area contributed by atoms with Crippen molar-refractivity contribution in [3.63, 3.8) is 0 Å². The minimum absolute atomic E-state index is 0.124. The minimum Gasteiger partial charge on any atom is -0.336 e. The van der Waals surface area contributed by atoms with E-state index in [1.807, 2.05) is 29.2 Å². The predicted molar refractivity (Wildman–Crippen MR) is 82.4 cm³/mol. The third-order valence-corrected chi connectivity index (χ3v) is 4.61. The molecular formula is C17H22N2O2. The number of carbonyl (C=O) groups is 2. The summed E-state index contributed by atoms with van der Waals surface area (Å²) >= 11 is 0. The van der Waals surface area contributed by atoms with E-state index < -0.39 is 0 Å².